The molecule has 1 aromatic heterocycles. The fourth-order valence-corrected chi connectivity index (χ4v) is 1.87. The van der Waals surface area contributed by atoms with E-state index >= 15 is 0 Å². The normalized spacial score (nSPS) is 10.8. The molecule has 0 fully saturated rings. The van der Waals surface area contributed by atoms with Gasteiger partial charge < -0.3 is 5.32 Å². The Bertz CT molecular complexity index is 492. The first-order chi connectivity index (χ1) is 7.65. The van der Waals surface area contributed by atoms with Crippen LogP contribution in [0.5, 0.6) is 0 Å². The molecule has 0 saturated heterocycles. The Balaban J connectivity index is 2.73. The zero-order valence-corrected chi connectivity index (χ0v) is 9.90. The van der Waals surface area contributed by atoms with E-state index in [1.807, 2.05) is 6.07 Å². The van der Waals surface area contributed by atoms with E-state index in [9.17, 15) is 4.39 Å². The quantitative estimate of drug-likeness (QED) is 0.864. The van der Waals surface area contributed by atoms with Crippen LogP contribution >= 0.6 is 11.6 Å². The summed E-state index contributed by atoms with van der Waals surface area (Å²) in [5.74, 6) is 0.352. The minimum Gasteiger partial charge on any atom is -0.373 e. The number of fused-ring (bicyclic) bond motifs is 1. The molecule has 84 valence electrons. The standard InChI is InChI=1S/C12H12ClFN2/c1-3-7-4-8-5-9(13)10(14)6-11(8)16-12(7)15-2/h4-6H,3H2,1-2H3,(H,15,16). The average Bonchev–Trinajstić information content (AvgIpc) is 2.29. The van der Waals surface area contributed by atoms with Crippen molar-refractivity contribution in [2.45, 2.75) is 13.3 Å². The molecule has 0 aliphatic carbocycles. The number of aromatic nitrogens is 1. The topological polar surface area (TPSA) is 24.9 Å². The van der Waals surface area contributed by atoms with Crippen molar-refractivity contribution >= 4 is 28.3 Å². The molecule has 0 aliphatic heterocycles. The minimum atomic E-state index is -0.437. The fourth-order valence-electron chi connectivity index (χ4n) is 1.70. The maximum atomic E-state index is 13.3. The van der Waals surface area contributed by atoms with Crippen molar-refractivity contribution in [2.75, 3.05) is 12.4 Å². The van der Waals surface area contributed by atoms with Gasteiger partial charge in [0.25, 0.3) is 0 Å². The lowest BCUT2D eigenvalue weighted by molar-refractivity contribution is 0.630. The van der Waals surface area contributed by atoms with Crippen molar-refractivity contribution in [3.63, 3.8) is 0 Å². The van der Waals surface area contributed by atoms with E-state index in [0.717, 1.165) is 23.2 Å². The number of hydrogen-bond donors (Lipinski definition) is 1. The molecule has 4 heteroatoms. The highest BCUT2D eigenvalue weighted by atomic mass is 35.5. The first kappa shape index (κ1) is 11.1. The van der Waals surface area contributed by atoms with Gasteiger partial charge >= 0.3 is 0 Å². The van der Waals surface area contributed by atoms with Crippen molar-refractivity contribution < 1.29 is 4.39 Å². The third-order valence-corrected chi connectivity index (χ3v) is 2.84. The molecular weight excluding hydrogens is 227 g/mol. The Morgan fingerprint density at radius 3 is 2.75 bits per heavy atom. The van der Waals surface area contributed by atoms with Gasteiger partial charge in [-0.05, 0) is 24.1 Å². The Labute approximate surface area is 98.4 Å². The van der Waals surface area contributed by atoms with Gasteiger partial charge in [-0.2, -0.15) is 0 Å². The second-order valence-electron chi connectivity index (χ2n) is 3.56. The molecule has 0 amide bonds. The number of benzene rings is 1. The van der Waals surface area contributed by atoms with Crippen LogP contribution in [0.3, 0.4) is 0 Å². The predicted molar refractivity (Wildman–Crippen MR) is 65.6 cm³/mol. The summed E-state index contributed by atoms with van der Waals surface area (Å²) in [4.78, 5) is 4.36. The van der Waals surface area contributed by atoms with E-state index in [1.54, 1.807) is 13.1 Å². The van der Waals surface area contributed by atoms with Crippen molar-refractivity contribution in [1.82, 2.24) is 4.98 Å². The lowest BCUT2D eigenvalue weighted by Gasteiger charge is -2.08. The first-order valence-corrected chi connectivity index (χ1v) is 5.50. The molecule has 0 saturated carbocycles. The van der Waals surface area contributed by atoms with Gasteiger partial charge in [-0.25, -0.2) is 9.37 Å². The van der Waals surface area contributed by atoms with Crippen LogP contribution in [0.15, 0.2) is 18.2 Å². The molecular formula is C12H12ClFN2. The molecule has 1 aromatic carbocycles. The number of anilines is 1. The molecule has 0 aliphatic rings. The van der Waals surface area contributed by atoms with Gasteiger partial charge in [0.15, 0.2) is 0 Å². The molecule has 1 N–H and O–H groups in total. The van der Waals surface area contributed by atoms with Gasteiger partial charge in [-0.15, -0.1) is 0 Å². The van der Waals surface area contributed by atoms with Crippen LogP contribution in [-0.4, -0.2) is 12.0 Å². The Hall–Kier alpha value is -1.35. The van der Waals surface area contributed by atoms with Gasteiger partial charge in [-0.3, -0.25) is 0 Å². The number of aryl methyl sites for hydroxylation is 1. The van der Waals surface area contributed by atoms with Gasteiger partial charge in [0.2, 0.25) is 0 Å². The summed E-state index contributed by atoms with van der Waals surface area (Å²) in [6, 6.07) is 4.95. The lowest BCUT2D eigenvalue weighted by atomic mass is 10.1. The molecule has 16 heavy (non-hydrogen) atoms. The minimum absolute atomic E-state index is 0.133. The average molecular weight is 239 g/mol. The van der Waals surface area contributed by atoms with Crippen LogP contribution in [0.25, 0.3) is 10.9 Å². The third kappa shape index (κ3) is 1.83. The van der Waals surface area contributed by atoms with Crippen molar-refractivity contribution in [3.05, 3.63) is 34.6 Å². The highest BCUT2D eigenvalue weighted by molar-refractivity contribution is 6.31. The highest BCUT2D eigenvalue weighted by Gasteiger charge is 2.07. The molecule has 0 spiro atoms. The summed E-state index contributed by atoms with van der Waals surface area (Å²) < 4.78 is 13.3. The van der Waals surface area contributed by atoms with Crippen LogP contribution in [0.1, 0.15) is 12.5 Å². The summed E-state index contributed by atoms with van der Waals surface area (Å²) in [5, 5.41) is 4.00. The molecule has 1 heterocycles. The maximum absolute atomic E-state index is 13.3. The van der Waals surface area contributed by atoms with Crippen molar-refractivity contribution in [1.29, 1.82) is 0 Å². The SMILES string of the molecule is CCc1cc2cc(Cl)c(F)cc2nc1NC. The van der Waals surface area contributed by atoms with Crippen LogP contribution < -0.4 is 5.32 Å². The fraction of sp³-hybridized carbons (Fsp3) is 0.250. The third-order valence-electron chi connectivity index (χ3n) is 2.55. The van der Waals surface area contributed by atoms with E-state index in [1.165, 1.54) is 6.07 Å². The van der Waals surface area contributed by atoms with Crippen LogP contribution in [0.4, 0.5) is 10.2 Å². The predicted octanol–water partition coefficient (Wildman–Crippen LogP) is 3.63. The molecule has 0 unspecified atom stereocenters. The zero-order valence-electron chi connectivity index (χ0n) is 9.14. The molecule has 0 radical (unpaired) electrons. The van der Waals surface area contributed by atoms with Gasteiger partial charge in [0.1, 0.15) is 11.6 Å². The summed E-state index contributed by atoms with van der Waals surface area (Å²) in [7, 11) is 1.81. The van der Waals surface area contributed by atoms with E-state index in [-0.39, 0.29) is 5.02 Å². The number of nitrogens with zero attached hydrogens (tertiary/aromatic N) is 1. The Morgan fingerprint density at radius 2 is 2.12 bits per heavy atom. The van der Waals surface area contributed by atoms with Crippen LogP contribution in [0, 0.1) is 5.82 Å². The van der Waals surface area contributed by atoms with E-state index < -0.39 is 5.82 Å². The number of nitrogens with one attached hydrogen (secondary N) is 1. The van der Waals surface area contributed by atoms with Crippen LogP contribution in [-0.2, 0) is 6.42 Å². The molecule has 0 bridgehead atoms. The van der Waals surface area contributed by atoms with E-state index in [2.05, 4.69) is 17.2 Å². The van der Waals surface area contributed by atoms with E-state index in [4.69, 9.17) is 11.6 Å². The highest BCUT2D eigenvalue weighted by Crippen LogP contribution is 2.25. The summed E-state index contributed by atoms with van der Waals surface area (Å²) in [6.45, 7) is 2.05. The second-order valence-corrected chi connectivity index (χ2v) is 3.97. The van der Waals surface area contributed by atoms with Gasteiger partial charge in [-0.1, -0.05) is 18.5 Å². The number of halogens is 2. The molecule has 2 aromatic rings. The monoisotopic (exact) mass is 238 g/mol. The maximum Gasteiger partial charge on any atom is 0.143 e. The number of pyridine rings is 1. The largest absolute Gasteiger partial charge is 0.373 e. The second kappa shape index (κ2) is 4.26. The zero-order chi connectivity index (χ0) is 11.7. The molecule has 2 nitrogen and oxygen atoms in total. The molecule has 0 atom stereocenters. The van der Waals surface area contributed by atoms with Gasteiger partial charge in [0, 0.05) is 18.5 Å². The summed E-state index contributed by atoms with van der Waals surface area (Å²) in [5.41, 5.74) is 1.71. The van der Waals surface area contributed by atoms with Crippen molar-refractivity contribution in [2.24, 2.45) is 0 Å². The first-order valence-electron chi connectivity index (χ1n) is 5.12. The smallest absolute Gasteiger partial charge is 0.143 e. The van der Waals surface area contributed by atoms with Crippen molar-refractivity contribution in [3.8, 4) is 0 Å². The van der Waals surface area contributed by atoms with Crippen LogP contribution in [0.2, 0.25) is 5.02 Å². The Morgan fingerprint density at radius 1 is 1.38 bits per heavy atom. The summed E-state index contributed by atoms with van der Waals surface area (Å²) in [6.07, 6.45) is 0.869. The Kier molecular flexibility index (Phi) is 2.97. The number of hydrogen-bond acceptors (Lipinski definition) is 2. The lowest BCUT2D eigenvalue weighted by Crippen LogP contribution is -1.98. The van der Waals surface area contributed by atoms with E-state index in [0.29, 0.717) is 5.52 Å². The number of rotatable bonds is 2. The summed E-state index contributed by atoms with van der Waals surface area (Å²) >= 11 is 5.74. The molecule has 2 rings (SSSR count). The van der Waals surface area contributed by atoms with Gasteiger partial charge in [0.05, 0.1) is 10.5 Å².